The number of carboxylic acid groups (broad SMARTS) is 1. The van der Waals surface area contributed by atoms with Crippen molar-refractivity contribution >= 4 is 27.8 Å². The number of aliphatic carboxylic acids is 1. The van der Waals surface area contributed by atoms with Crippen LogP contribution in [0.25, 0.3) is 0 Å². The maximum atomic E-state index is 11.7. The summed E-state index contributed by atoms with van der Waals surface area (Å²) in [5.74, 6) is -1.36. The minimum atomic E-state index is -1.05. The van der Waals surface area contributed by atoms with Gasteiger partial charge in [0.25, 0.3) is 5.91 Å². The third kappa shape index (κ3) is 2.06. The lowest BCUT2D eigenvalue weighted by Gasteiger charge is -2.12. The van der Waals surface area contributed by atoms with E-state index in [1.807, 2.05) is 0 Å². The van der Waals surface area contributed by atoms with Crippen molar-refractivity contribution in [3.63, 3.8) is 0 Å². The summed E-state index contributed by atoms with van der Waals surface area (Å²) in [5.41, 5.74) is -0.651. The molecule has 6 heteroatoms. The maximum Gasteiger partial charge on any atom is 0.329 e. The molecule has 1 aliphatic rings. The summed E-state index contributed by atoms with van der Waals surface area (Å²) in [6, 6.07) is 3.09. The van der Waals surface area contributed by atoms with Crippen molar-refractivity contribution in [3.05, 3.63) is 28.5 Å². The Bertz CT molecular complexity index is 457. The fraction of sp³-hybridized carbons (Fsp3) is 0.300. The van der Waals surface area contributed by atoms with Gasteiger partial charge in [-0.3, -0.25) is 4.79 Å². The van der Waals surface area contributed by atoms with E-state index in [-0.39, 0.29) is 5.91 Å². The predicted molar refractivity (Wildman–Crippen MR) is 59.0 cm³/mol. The number of rotatable bonds is 3. The van der Waals surface area contributed by atoms with Gasteiger partial charge in [0.05, 0.1) is 0 Å². The normalized spacial score (nSPS) is 16.6. The van der Waals surface area contributed by atoms with Gasteiger partial charge in [0.15, 0.2) is 0 Å². The number of carboxylic acids is 1. The Balaban J connectivity index is 2.12. The lowest BCUT2D eigenvalue weighted by atomic mass is 10.2. The topological polar surface area (TPSA) is 79.3 Å². The number of hydrogen-bond acceptors (Lipinski definition) is 3. The van der Waals surface area contributed by atoms with Crippen molar-refractivity contribution in [1.29, 1.82) is 0 Å². The molecule has 1 heterocycles. The van der Waals surface area contributed by atoms with Gasteiger partial charge in [-0.05, 0) is 40.9 Å². The van der Waals surface area contributed by atoms with Crippen molar-refractivity contribution in [2.75, 3.05) is 0 Å². The van der Waals surface area contributed by atoms with E-state index in [0.29, 0.717) is 23.0 Å². The molecule has 1 saturated carbocycles. The van der Waals surface area contributed by atoms with Crippen LogP contribution in [0.15, 0.2) is 22.9 Å². The first-order valence-corrected chi connectivity index (χ1v) is 5.50. The van der Waals surface area contributed by atoms with Crippen LogP contribution in [-0.2, 0) is 4.79 Å². The lowest BCUT2D eigenvalue weighted by molar-refractivity contribution is -0.140. The molecule has 0 aromatic carbocycles. The Kier molecular flexibility index (Phi) is 2.67. The molecule has 0 unspecified atom stereocenters. The molecule has 0 radical (unpaired) electrons. The van der Waals surface area contributed by atoms with Crippen LogP contribution in [-0.4, -0.2) is 27.5 Å². The van der Waals surface area contributed by atoms with Gasteiger partial charge < -0.3 is 10.4 Å². The molecule has 2 N–H and O–H groups in total. The average Bonchev–Trinajstić information content (AvgIpc) is 2.99. The fourth-order valence-corrected chi connectivity index (χ4v) is 1.72. The molecular weight excluding hydrogens is 276 g/mol. The first-order chi connectivity index (χ1) is 7.53. The number of amides is 1. The predicted octanol–water partition coefficient (Wildman–Crippen LogP) is 1.19. The molecule has 1 aromatic heterocycles. The zero-order valence-electron chi connectivity index (χ0n) is 8.24. The molecule has 1 fully saturated rings. The number of carbonyl (C=O) groups is 2. The average molecular weight is 285 g/mol. The van der Waals surface area contributed by atoms with Crippen LogP contribution in [0.4, 0.5) is 0 Å². The van der Waals surface area contributed by atoms with Crippen molar-refractivity contribution < 1.29 is 14.7 Å². The summed E-state index contributed by atoms with van der Waals surface area (Å²) in [6.07, 6.45) is 2.46. The van der Waals surface area contributed by atoms with Crippen LogP contribution < -0.4 is 5.32 Å². The van der Waals surface area contributed by atoms with Crippen LogP contribution in [0.5, 0.6) is 0 Å². The summed E-state index contributed by atoms with van der Waals surface area (Å²) in [4.78, 5) is 26.5. The van der Waals surface area contributed by atoms with Crippen molar-refractivity contribution in [1.82, 2.24) is 10.3 Å². The number of nitrogens with zero attached hydrogens (tertiary/aromatic N) is 1. The fourth-order valence-electron chi connectivity index (χ4n) is 1.35. The van der Waals surface area contributed by atoms with Crippen LogP contribution in [0.1, 0.15) is 23.2 Å². The van der Waals surface area contributed by atoms with Gasteiger partial charge in [0.2, 0.25) is 0 Å². The SMILES string of the molecule is O=C(NC1(C(=O)O)CC1)c1ccnc(Br)c1. The van der Waals surface area contributed by atoms with Crippen LogP contribution in [0.2, 0.25) is 0 Å². The van der Waals surface area contributed by atoms with E-state index >= 15 is 0 Å². The highest BCUT2D eigenvalue weighted by molar-refractivity contribution is 9.10. The highest BCUT2D eigenvalue weighted by Gasteiger charge is 2.51. The Morgan fingerprint density at radius 3 is 2.69 bits per heavy atom. The van der Waals surface area contributed by atoms with Crippen LogP contribution in [0, 0.1) is 0 Å². The van der Waals surface area contributed by atoms with Crippen molar-refractivity contribution in [2.45, 2.75) is 18.4 Å². The summed E-state index contributed by atoms with van der Waals surface area (Å²) >= 11 is 3.15. The zero-order chi connectivity index (χ0) is 11.8. The van der Waals surface area contributed by atoms with Gasteiger partial charge in [0, 0.05) is 11.8 Å². The lowest BCUT2D eigenvalue weighted by Crippen LogP contribution is -2.43. The smallest absolute Gasteiger partial charge is 0.329 e. The second-order valence-electron chi connectivity index (χ2n) is 3.71. The molecule has 16 heavy (non-hydrogen) atoms. The van der Waals surface area contributed by atoms with E-state index in [1.165, 1.54) is 12.3 Å². The summed E-state index contributed by atoms with van der Waals surface area (Å²) in [7, 11) is 0. The molecule has 84 valence electrons. The zero-order valence-corrected chi connectivity index (χ0v) is 9.82. The quantitative estimate of drug-likeness (QED) is 0.818. The van der Waals surface area contributed by atoms with Crippen LogP contribution >= 0.6 is 15.9 Å². The van der Waals surface area contributed by atoms with E-state index < -0.39 is 11.5 Å². The van der Waals surface area contributed by atoms with E-state index in [0.717, 1.165) is 0 Å². The third-order valence-electron chi connectivity index (χ3n) is 2.50. The van der Waals surface area contributed by atoms with Gasteiger partial charge in [0.1, 0.15) is 10.1 Å². The summed E-state index contributed by atoms with van der Waals surface area (Å²) in [5, 5.41) is 11.4. The van der Waals surface area contributed by atoms with Crippen molar-refractivity contribution in [2.24, 2.45) is 0 Å². The summed E-state index contributed by atoms with van der Waals surface area (Å²) in [6.45, 7) is 0. The molecule has 1 aromatic rings. The first kappa shape index (κ1) is 11.1. The Morgan fingerprint density at radius 2 is 2.19 bits per heavy atom. The molecule has 1 aliphatic carbocycles. The maximum absolute atomic E-state index is 11.7. The van der Waals surface area contributed by atoms with Gasteiger partial charge in [-0.15, -0.1) is 0 Å². The monoisotopic (exact) mass is 284 g/mol. The standard InChI is InChI=1S/C10H9BrN2O3/c11-7-5-6(1-4-12-7)8(14)13-10(2-3-10)9(15)16/h1,4-5H,2-3H2,(H,13,14)(H,15,16). The molecular formula is C10H9BrN2O3. The first-order valence-electron chi connectivity index (χ1n) is 4.71. The second kappa shape index (κ2) is 3.86. The number of pyridine rings is 1. The van der Waals surface area contributed by atoms with Gasteiger partial charge in [-0.2, -0.15) is 0 Å². The molecule has 1 amide bonds. The molecule has 0 atom stereocenters. The van der Waals surface area contributed by atoms with Gasteiger partial charge >= 0.3 is 5.97 Å². The number of nitrogens with one attached hydrogen (secondary N) is 1. The highest BCUT2D eigenvalue weighted by atomic mass is 79.9. The third-order valence-corrected chi connectivity index (χ3v) is 2.93. The molecule has 5 nitrogen and oxygen atoms in total. The van der Waals surface area contributed by atoms with Gasteiger partial charge in [-0.1, -0.05) is 0 Å². The Labute approximate surface area is 100 Å². The molecule has 0 spiro atoms. The van der Waals surface area contributed by atoms with Gasteiger partial charge in [-0.25, -0.2) is 9.78 Å². The van der Waals surface area contributed by atoms with Crippen LogP contribution in [0.3, 0.4) is 0 Å². The molecule has 0 bridgehead atoms. The Hall–Kier alpha value is -1.43. The number of hydrogen-bond donors (Lipinski definition) is 2. The van der Waals surface area contributed by atoms with E-state index in [2.05, 4.69) is 26.2 Å². The highest BCUT2D eigenvalue weighted by Crippen LogP contribution is 2.35. The van der Waals surface area contributed by atoms with Crippen molar-refractivity contribution in [3.8, 4) is 0 Å². The van der Waals surface area contributed by atoms with E-state index in [4.69, 9.17) is 5.11 Å². The number of aromatic nitrogens is 1. The molecule has 0 aliphatic heterocycles. The largest absolute Gasteiger partial charge is 0.480 e. The molecule has 0 saturated heterocycles. The number of halogens is 1. The minimum absolute atomic E-state index is 0.386. The summed E-state index contributed by atoms with van der Waals surface area (Å²) < 4.78 is 0.542. The number of carbonyl (C=O) groups excluding carboxylic acids is 1. The van der Waals surface area contributed by atoms with E-state index in [1.54, 1.807) is 6.07 Å². The Morgan fingerprint density at radius 1 is 1.50 bits per heavy atom. The second-order valence-corrected chi connectivity index (χ2v) is 4.52. The minimum Gasteiger partial charge on any atom is -0.480 e. The molecule has 2 rings (SSSR count). The van der Waals surface area contributed by atoms with E-state index in [9.17, 15) is 9.59 Å².